The van der Waals surface area contributed by atoms with Crippen molar-refractivity contribution >= 4 is 5.95 Å². The summed E-state index contributed by atoms with van der Waals surface area (Å²) in [7, 11) is 0. The van der Waals surface area contributed by atoms with Crippen molar-refractivity contribution in [1.29, 1.82) is 0 Å². The van der Waals surface area contributed by atoms with Crippen LogP contribution in [0.5, 0.6) is 5.88 Å². The van der Waals surface area contributed by atoms with Gasteiger partial charge in [0, 0.05) is 17.9 Å². The quantitative estimate of drug-likeness (QED) is 0.498. The molecule has 0 fully saturated rings. The number of aliphatic hydroxyl groups excluding tert-OH is 2. The summed E-state index contributed by atoms with van der Waals surface area (Å²) in [5.41, 5.74) is 6.97. The average molecular weight is 434 g/mol. The number of aliphatic hydroxyl groups is 2. The van der Waals surface area contributed by atoms with Crippen LogP contribution in [0.1, 0.15) is 24.2 Å². The minimum Gasteiger partial charge on any atom is -0.474 e. The first kappa shape index (κ1) is 22.4. The number of anilines is 1. The number of benzene rings is 1. The molecule has 0 radical (unpaired) electrons. The Bertz CT molecular complexity index is 1050. The minimum atomic E-state index is -2.81. The Morgan fingerprint density at radius 2 is 1.77 bits per heavy atom. The lowest BCUT2D eigenvalue weighted by molar-refractivity contribution is 0.0805. The number of ether oxygens (including phenoxy) is 1. The summed E-state index contributed by atoms with van der Waals surface area (Å²) in [6, 6.07) is 8.14. The summed E-state index contributed by atoms with van der Waals surface area (Å²) < 4.78 is 45.8. The van der Waals surface area contributed by atoms with Crippen molar-refractivity contribution in [3.8, 4) is 28.3 Å². The number of alkyl halides is 2. The largest absolute Gasteiger partial charge is 0.474 e. The molecule has 164 valence electrons. The van der Waals surface area contributed by atoms with Gasteiger partial charge in [-0.1, -0.05) is 0 Å². The molecule has 4 N–H and O–H groups in total. The molecule has 31 heavy (non-hydrogen) atoms. The van der Waals surface area contributed by atoms with Gasteiger partial charge in [-0.05, 0) is 55.3 Å². The Morgan fingerprint density at radius 1 is 1.06 bits per heavy atom. The van der Waals surface area contributed by atoms with Crippen LogP contribution in [-0.4, -0.2) is 44.5 Å². The first-order valence-corrected chi connectivity index (χ1v) is 9.40. The van der Waals surface area contributed by atoms with E-state index in [1.54, 1.807) is 13.0 Å². The van der Waals surface area contributed by atoms with Gasteiger partial charge < -0.3 is 20.7 Å². The Hall–Kier alpha value is -3.24. The van der Waals surface area contributed by atoms with E-state index in [1.165, 1.54) is 30.3 Å². The monoisotopic (exact) mass is 434 g/mol. The molecule has 0 bridgehead atoms. The fourth-order valence-electron chi connectivity index (χ4n) is 3.00. The normalized spacial score (nSPS) is 12.2. The summed E-state index contributed by atoms with van der Waals surface area (Å²) in [5.74, 6) is -0.667. The van der Waals surface area contributed by atoms with E-state index >= 15 is 0 Å². The van der Waals surface area contributed by atoms with Crippen molar-refractivity contribution in [2.45, 2.75) is 25.9 Å². The SMILES string of the molecule is Cc1cc(-c2c(OCC(O)CCO)nc(N)nc2-c2ccc(F)cc2)cc(C(F)F)n1. The molecular formula is C21H21F3N4O3. The third-order valence-electron chi connectivity index (χ3n) is 4.37. The van der Waals surface area contributed by atoms with Gasteiger partial charge in [-0.3, -0.25) is 4.98 Å². The van der Waals surface area contributed by atoms with Gasteiger partial charge in [0.25, 0.3) is 6.43 Å². The Labute approximate surface area is 176 Å². The number of hydrogen-bond donors (Lipinski definition) is 3. The lowest BCUT2D eigenvalue weighted by Crippen LogP contribution is -2.20. The molecule has 0 saturated heterocycles. The topological polar surface area (TPSA) is 114 Å². The van der Waals surface area contributed by atoms with Crippen LogP contribution < -0.4 is 10.5 Å². The molecule has 0 aliphatic carbocycles. The maximum atomic E-state index is 13.4. The molecule has 7 nitrogen and oxygen atoms in total. The van der Waals surface area contributed by atoms with E-state index in [-0.39, 0.29) is 42.7 Å². The van der Waals surface area contributed by atoms with Gasteiger partial charge in [-0.25, -0.2) is 18.2 Å². The fourth-order valence-corrected chi connectivity index (χ4v) is 3.00. The van der Waals surface area contributed by atoms with E-state index in [1.807, 2.05) is 0 Å². The van der Waals surface area contributed by atoms with Crippen LogP contribution in [0, 0.1) is 12.7 Å². The summed E-state index contributed by atoms with van der Waals surface area (Å²) in [6.45, 7) is 1.10. The molecule has 3 aromatic rings. The highest BCUT2D eigenvalue weighted by Gasteiger charge is 2.22. The number of aromatic nitrogens is 3. The highest BCUT2D eigenvalue weighted by Crippen LogP contribution is 2.39. The average Bonchev–Trinajstić information content (AvgIpc) is 2.72. The summed E-state index contributed by atoms with van der Waals surface area (Å²) in [6.07, 6.45) is -3.72. The molecule has 0 aliphatic heterocycles. The molecule has 10 heteroatoms. The second kappa shape index (κ2) is 9.71. The Morgan fingerprint density at radius 3 is 2.42 bits per heavy atom. The first-order valence-electron chi connectivity index (χ1n) is 9.40. The predicted molar refractivity (Wildman–Crippen MR) is 108 cm³/mol. The third-order valence-corrected chi connectivity index (χ3v) is 4.37. The highest BCUT2D eigenvalue weighted by molar-refractivity contribution is 5.85. The van der Waals surface area contributed by atoms with Crippen molar-refractivity contribution in [2.24, 2.45) is 0 Å². The van der Waals surface area contributed by atoms with Crippen LogP contribution in [0.4, 0.5) is 19.1 Å². The highest BCUT2D eigenvalue weighted by atomic mass is 19.3. The van der Waals surface area contributed by atoms with Gasteiger partial charge in [0.05, 0.1) is 17.4 Å². The zero-order chi connectivity index (χ0) is 22.5. The van der Waals surface area contributed by atoms with E-state index in [0.29, 0.717) is 16.8 Å². The molecule has 0 saturated carbocycles. The second-order valence-corrected chi connectivity index (χ2v) is 6.82. The number of nitrogens with zero attached hydrogens (tertiary/aromatic N) is 3. The van der Waals surface area contributed by atoms with Crippen molar-refractivity contribution < 1.29 is 28.1 Å². The Balaban J connectivity index is 2.20. The molecule has 0 spiro atoms. The molecule has 1 atom stereocenters. The van der Waals surface area contributed by atoms with Crippen molar-refractivity contribution in [2.75, 3.05) is 18.9 Å². The molecule has 2 aromatic heterocycles. The summed E-state index contributed by atoms with van der Waals surface area (Å²) in [4.78, 5) is 12.2. The molecule has 0 amide bonds. The molecule has 0 aliphatic rings. The van der Waals surface area contributed by atoms with Gasteiger partial charge >= 0.3 is 0 Å². The van der Waals surface area contributed by atoms with Gasteiger partial charge in [-0.15, -0.1) is 0 Å². The third kappa shape index (κ3) is 5.47. The van der Waals surface area contributed by atoms with E-state index in [9.17, 15) is 18.3 Å². The fraction of sp³-hybridized carbons (Fsp3) is 0.286. The number of hydrogen-bond acceptors (Lipinski definition) is 7. The molecule has 1 unspecified atom stereocenters. The molecule has 2 heterocycles. The van der Waals surface area contributed by atoms with E-state index in [0.717, 1.165) is 0 Å². The van der Waals surface area contributed by atoms with Gasteiger partial charge in [-0.2, -0.15) is 4.98 Å². The number of nitrogens with two attached hydrogens (primary N) is 1. The zero-order valence-corrected chi connectivity index (χ0v) is 16.6. The molecular weight excluding hydrogens is 413 g/mol. The van der Waals surface area contributed by atoms with Crippen LogP contribution >= 0.6 is 0 Å². The number of aryl methyl sites for hydroxylation is 1. The predicted octanol–water partition coefficient (Wildman–Crippen LogP) is 3.30. The second-order valence-electron chi connectivity index (χ2n) is 6.82. The van der Waals surface area contributed by atoms with E-state index in [4.69, 9.17) is 15.6 Å². The van der Waals surface area contributed by atoms with Gasteiger partial charge in [0.1, 0.15) is 18.1 Å². The van der Waals surface area contributed by atoms with Crippen LogP contribution in [-0.2, 0) is 0 Å². The van der Waals surface area contributed by atoms with Crippen molar-refractivity contribution in [1.82, 2.24) is 15.0 Å². The van der Waals surface area contributed by atoms with Crippen molar-refractivity contribution in [3.05, 3.63) is 53.6 Å². The number of halogens is 3. The molecule has 3 rings (SSSR count). The lowest BCUT2D eigenvalue weighted by atomic mass is 9.99. The summed E-state index contributed by atoms with van der Waals surface area (Å²) in [5, 5.41) is 18.9. The number of nitrogen functional groups attached to an aromatic ring is 1. The maximum absolute atomic E-state index is 13.4. The van der Waals surface area contributed by atoms with Crippen LogP contribution in [0.2, 0.25) is 0 Å². The van der Waals surface area contributed by atoms with Crippen LogP contribution in [0.3, 0.4) is 0 Å². The standard InChI is InChI=1S/C21H21F3N4O3/c1-11-8-13(9-16(26-11)19(23)24)17-18(12-2-4-14(22)5-3-12)27-21(25)28-20(17)31-10-15(30)6-7-29/h2-5,8-9,15,19,29-30H,6-7,10H2,1H3,(H2,25,27,28). The van der Waals surface area contributed by atoms with Crippen LogP contribution in [0.15, 0.2) is 36.4 Å². The lowest BCUT2D eigenvalue weighted by Gasteiger charge is -2.18. The van der Waals surface area contributed by atoms with Gasteiger partial charge in [0.2, 0.25) is 11.8 Å². The molecule has 1 aromatic carbocycles. The van der Waals surface area contributed by atoms with E-state index in [2.05, 4.69) is 15.0 Å². The van der Waals surface area contributed by atoms with E-state index < -0.39 is 24.0 Å². The zero-order valence-electron chi connectivity index (χ0n) is 16.6. The first-order chi connectivity index (χ1) is 14.8. The smallest absolute Gasteiger partial charge is 0.280 e. The van der Waals surface area contributed by atoms with Crippen molar-refractivity contribution in [3.63, 3.8) is 0 Å². The number of rotatable bonds is 8. The minimum absolute atomic E-state index is 0.0466. The summed E-state index contributed by atoms with van der Waals surface area (Å²) >= 11 is 0. The van der Waals surface area contributed by atoms with Crippen LogP contribution in [0.25, 0.3) is 22.4 Å². The maximum Gasteiger partial charge on any atom is 0.280 e. The Kier molecular flexibility index (Phi) is 7.03. The van der Waals surface area contributed by atoms with Gasteiger partial charge in [0.15, 0.2) is 0 Å². The number of pyridine rings is 1.